The van der Waals surface area contributed by atoms with E-state index in [1.54, 1.807) is 24.3 Å². The molecule has 0 radical (unpaired) electrons. The van der Waals surface area contributed by atoms with E-state index in [0.717, 1.165) is 31.5 Å². The van der Waals surface area contributed by atoms with Crippen molar-refractivity contribution in [3.8, 4) is 0 Å². The molecule has 5 aromatic carbocycles. The summed E-state index contributed by atoms with van der Waals surface area (Å²) in [6.07, 6.45) is 0. The standard InChI is InChI=1S/C28H15N3O4/c1-11-9-16-22-17(28(35)31(4)27(16)34)10-18(29-2)23-13-6-8-15-21-14(25(32)30(3)26(15)33)7-5-12(20(13)21)19(11)24(22)23/h5-10H,1,3-4H3. The maximum Gasteiger partial charge on any atom is 0.261 e. The number of hydrogen-bond acceptors (Lipinski definition) is 4. The number of aryl methyl sites for hydroxylation is 1. The molecule has 0 N–H and O–H groups in total. The Hall–Kier alpha value is -4.83. The molecule has 2 aliphatic rings. The summed E-state index contributed by atoms with van der Waals surface area (Å²) in [6, 6.07) is 10.4. The third-order valence-electron chi connectivity index (χ3n) is 7.54. The number of carbonyl (C=O) groups excluding carboxylic acids is 4. The van der Waals surface area contributed by atoms with E-state index in [1.165, 1.54) is 14.1 Å². The molecule has 7 heteroatoms. The van der Waals surface area contributed by atoms with Gasteiger partial charge in [-0.3, -0.25) is 29.0 Å². The van der Waals surface area contributed by atoms with Crippen molar-refractivity contribution >= 4 is 72.4 Å². The van der Waals surface area contributed by atoms with Crippen LogP contribution in [0.15, 0.2) is 36.4 Å². The largest absolute Gasteiger partial charge is 0.278 e. The lowest BCUT2D eigenvalue weighted by Gasteiger charge is -2.29. The van der Waals surface area contributed by atoms with E-state index in [2.05, 4.69) is 4.85 Å². The van der Waals surface area contributed by atoms with Gasteiger partial charge in [-0.25, -0.2) is 4.85 Å². The SMILES string of the molecule is [C-]#[N+]c1cc2c3c(cc(C)c4c5ccc6c7c(ccc(c1c34)c75)C(=O)N(C)C6=O)C(=O)N(C)C2=O. The summed E-state index contributed by atoms with van der Waals surface area (Å²) < 4.78 is 0. The average Bonchev–Trinajstić information content (AvgIpc) is 2.87. The van der Waals surface area contributed by atoms with Crippen LogP contribution in [0.5, 0.6) is 0 Å². The van der Waals surface area contributed by atoms with E-state index in [0.29, 0.717) is 54.9 Å². The number of benzene rings is 5. The van der Waals surface area contributed by atoms with E-state index in [-0.39, 0.29) is 17.7 Å². The Kier molecular flexibility index (Phi) is 3.36. The number of hydrogen-bond donors (Lipinski definition) is 0. The fourth-order valence-electron chi connectivity index (χ4n) is 5.98. The molecule has 166 valence electrons. The van der Waals surface area contributed by atoms with Gasteiger partial charge in [0, 0.05) is 47.1 Å². The van der Waals surface area contributed by atoms with Crippen molar-refractivity contribution in [2.75, 3.05) is 14.1 Å². The second-order valence-electron chi connectivity index (χ2n) is 9.21. The summed E-state index contributed by atoms with van der Waals surface area (Å²) in [7, 11) is 2.92. The molecular formula is C28H15N3O4. The molecule has 35 heavy (non-hydrogen) atoms. The van der Waals surface area contributed by atoms with Crippen LogP contribution in [0.3, 0.4) is 0 Å². The van der Waals surface area contributed by atoms with Crippen molar-refractivity contribution in [1.29, 1.82) is 0 Å². The van der Waals surface area contributed by atoms with E-state index < -0.39 is 5.91 Å². The fraction of sp³-hybridized carbons (Fsp3) is 0.107. The number of carbonyl (C=O) groups is 4. The Morgan fingerprint density at radius 2 is 1.09 bits per heavy atom. The predicted molar refractivity (Wildman–Crippen MR) is 131 cm³/mol. The molecule has 0 fully saturated rings. The summed E-state index contributed by atoms with van der Waals surface area (Å²) in [6.45, 7) is 9.82. The van der Waals surface area contributed by atoms with Gasteiger partial charge >= 0.3 is 0 Å². The average molecular weight is 457 g/mol. The van der Waals surface area contributed by atoms with Crippen molar-refractivity contribution < 1.29 is 19.2 Å². The summed E-state index contributed by atoms with van der Waals surface area (Å²) in [5.74, 6) is -1.56. The summed E-state index contributed by atoms with van der Waals surface area (Å²) in [4.78, 5) is 58.1. The van der Waals surface area contributed by atoms with Gasteiger partial charge in [0.25, 0.3) is 23.6 Å². The lowest BCUT2D eigenvalue weighted by Crippen LogP contribution is -2.37. The van der Waals surface area contributed by atoms with Gasteiger partial charge in [0.1, 0.15) is 0 Å². The number of rotatable bonds is 0. The van der Waals surface area contributed by atoms with Crippen LogP contribution in [-0.4, -0.2) is 47.5 Å². The monoisotopic (exact) mass is 457 g/mol. The van der Waals surface area contributed by atoms with Gasteiger partial charge in [-0.2, -0.15) is 0 Å². The van der Waals surface area contributed by atoms with Gasteiger partial charge in [0.2, 0.25) is 0 Å². The first-order chi connectivity index (χ1) is 16.8. The molecule has 5 aromatic rings. The lowest BCUT2D eigenvalue weighted by molar-refractivity contribution is 0.0635. The Bertz CT molecular complexity index is 1960. The predicted octanol–water partition coefficient (Wildman–Crippen LogP) is 5.05. The third-order valence-corrected chi connectivity index (χ3v) is 7.54. The van der Waals surface area contributed by atoms with Crippen LogP contribution in [0.1, 0.15) is 47.0 Å². The van der Waals surface area contributed by atoms with Crippen LogP contribution in [0.2, 0.25) is 0 Å². The highest BCUT2D eigenvalue weighted by Crippen LogP contribution is 2.50. The smallest absolute Gasteiger partial charge is 0.261 e. The molecule has 0 saturated heterocycles. The van der Waals surface area contributed by atoms with Gasteiger partial charge in [-0.15, -0.1) is 0 Å². The molecule has 0 spiro atoms. The molecule has 2 heterocycles. The maximum absolute atomic E-state index is 13.1. The third kappa shape index (κ3) is 2.02. The normalized spacial score (nSPS) is 15.4. The van der Waals surface area contributed by atoms with Gasteiger partial charge in [0.15, 0.2) is 5.69 Å². The zero-order valence-electron chi connectivity index (χ0n) is 18.9. The van der Waals surface area contributed by atoms with Gasteiger partial charge < -0.3 is 0 Å². The van der Waals surface area contributed by atoms with E-state index in [1.807, 2.05) is 19.1 Å². The van der Waals surface area contributed by atoms with Gasteiger partial charge in [-0.1, -0.05) is 12.1 Å². The maximum atomic E-state index is 13.1. The van der Waals surface area contributed by atoms with Crippen molar-refractivity contribution in [1.82, 2.24) is 9.80 Å². The quantitative estimate of drug-likeness (QED) is 0.141. The minimum absolute atomic E-state index is 0.290. The summed E-state index contributed by atoms with van der Waals surface area (Å²) in [5.41, 5.74) is 2.73. The molecule has 2 aliphatic heterocycles. The topological polar surface area (TPSA) is 79.1 Å². The molecule has 0 saturated carbocycles. The molecule has 0 unspecified atom stereocenters. The number of fused-ring (bicyclic) bond motifs is 2. The Labute approximate surface area is 198 Å². The fourth-order valence-corrected chi connectivity index (χ4v) is 5.98. The molecule has 0 aliphatic carbocycles. The first kappa shape index (κ1) is 19.6. The van der Waals surface area contributed by atoms with Crippen LogP contribution in [-0.2, 0) is 0 Å². The highest BCUT2D eigenvalue weighted by atomic mass is 16.2. The lowest BCUT2D eigenvalue weighted by atomic mass is 9.80. The minimum atomic E-state index is -0.441. The van der Waals surface area contributed by atoms with Crippen molar-refractivity contribution in [3.05, 3.63) is 75.6 Å². The zero-order valence-corrected chi connectivity index (χ0v) is 18.9. The molecule has 4 amide bonds. The molecular weight excluding hydrogens is 442 g/mol. The Morgan fingerprint density at radius 1 is 0.600 bits per heavy atom. The van der Waals surface area contributed by atoms with E-state index >= 15 is 0 Å². The molecule has 0 atom stereocenters. The van der Waals surface area contributed by atoms with E-state index in [9.17, 15) is 19.2 Å². The second-order valence-corrected chi connectivity index (χ2v) is 9.21. The Morgan fingerprint density at radius 3 is 1.66 bits per heavy atom. The summed E-state index contributed by atoms with van der Waals surface area (Å²) in [5, 5.41) is 5.52. The summed E-state index contributed by atoms with van der Waals surface area (Å²) >= 11 is 0. The van der Waals surface area contributed by atoms with Crippen LogP contribution >= 0.6 is 0 Å². The van der Waals surface area contributed by atoms with Crippen LogP contribution in [0.4, 0.5) is 5.69 Å². The first-order valence-electron chi connectivity index (χ1n) is 11.0. The molecule has 0 bridgehead atoms. The number of nitrogens with zero attached hydrogens (tertiary/aromatic N) is 3. The molecule has 0 aromatic heterocycles. The number of imide groups is 2. The Balaban J connectivity index is 1.85. The van der Waals surface area contributed by atoms with Crippen molar-refractivity contribution in [2.45, 2.75) is 6.92 Å². The van der Waals surface area contributed by atoms with Crippen molar-refractivity contribution in [3.63, 3.8) is 0 Å². The van der Waals surface area contributed by atoms with Crippen molar-refractivity contribution in [2.24, 2.45) is 0 Å². The molecule has 7 nitrogen and oxygen atoms in total. The number of amides is 4. The minimum Gasteiger partial charge on any atom is -0.278 e. The van der Waals surface area contributed by atoms with E-state index in [4.69, 9.17) is 6.57 Å². The van der Waals surface area contributed by atoms with Crippen LogP contribution in [0.25, 0.3) is 47.9 Å². The first-order valence-corrected chi connectivity index (χ1v) is 11.0. The highest BCUT2D eigenvalue weighted by molar-refractivity contribution is 6.43. The highest BCUT2D eigenvalue weighted by Gasteiger charge is 2.36. The van der Waals surface area contributed by atoms with Crippen LogP contribution < -0.4 is 0 Å². The molecule has 7 rings (SSSR count). The van der Waals surface area contributed by atoms with Gasteiger partial charge in [0.05, 0.1) is 6.57 Å². The second kappa shape index (κ2) is 5.99. The van der Waals surface area contributed by atoms with Crippen LogP contribution in [0, 0.1) is 13.5 Å². The van der Waals surface area contributed by atoms with Gasteiger partial charge in [-0.05, 0) is 69.1 Å². The zero-order chi connectivity index (χ0) is 24.5.